The van der Waals surface area contributed by atoms with Crippen molar-refractivity contribution in [2.75, 3.05) is 19.8 Å². The number of aliphatic hydroxyl groups excluding tert-OH is 1. The molecule has 17 heavy (non-hydrogen) atoms. The van der Waals surface area contributed by atoms with Crippen molar-refractivity contribution in [1.82, 2.24) is 0 Å². The van der Waals surface area contributed by atoms with Crippen LogP contribution in [0, 0.1) is 12.3 Å². The Morgan fingerprint density at radius 1 is 1.35 bits per heavy atom. The third-order valence-electron chi connectivity index (χ3n) is 3.66. The van der Waals surface area contributed by atoms with Gasteiger partial charge in [-0.25, -0.2) is 0 Å². The van der Waals surface area contributed by atoms with Crippen molar-refractivity contribution in [3.63, 3.8) is 0 Å². The highest BCUT2D eigenvalue weighted by Gasteiger charge is 2.32. The molecule has 1 N–H and O–H groups in total. The fourth-order valence-corrected chi connectivity index (χ4v) is 2.70. The van der Waals surface area contributed by atoms with E-state index in [1.807, 2.05) is 13.0 Å². The molecular formula is C14H19ClO2. The van der Waals surface area contributed by atoms with Crippen molar-refractivity contribution < 1.29 is 9.84 Å². The van der Waals surface area contributed by atoms with Gasteiger partial charge in [-0.15, -0.1) is 0 Å². The molecule has 0 saturated carbocycles. The van der Waals surface area contributed by atoms with Crippen LogP contribution in [0.5, 0.6) is 0 Å². The Morgan fingerprint density at radius 3 is 2.65 bits per heavy atom. The Hall–Kier alpha value is -0.570. The summed E-state index contributed by atoms with van der Waals surface area (Å²) in [6.07, 6.45) is 2.66. The number of halogens is 1. The zero-order valence-electron chi connectivity index (χ0n) is 10.2. The summed E-state index contributed by atoms with van der Waals surface area (Å²) in [5.74, 6) is 0. The quantitative estimate of drug-likeness (QED) is 0.899. The predicted octanol–water partition coefficient (Wildman–Crippen LogP) is 2.98. The van der Waals surface area contributed by atoms with Crippen LogP contribution in [-0.4, -0.2) is 24.9 Å². The molecule has 3 heteroatoms. The molecule has 94 valence electrons. The molecule has 0 unspecified atom stereocenters. The van der Waals surface area contributed by atoms with E-state index in [0.717, 1.165) is 43.1 Å². The largest absolute Gasteiger partial charge is 0.396 e. The van der Waals surface area contributed by atoms with Gasteiger partial charge in [0.25, 0.3) is 0 Å². The van der Waals surface area contributed by atoms with Crippen LogP contribution in [0.1, 0.15) is 24.0 Å². The SMILES string of the molecule is Cc1ccc(CC2(CO)CCOCC2)c(Cl)c1. The summed E-state index contributed by atoms with van der Waals surface area (Å²) >= 11 is 6.25. The second-order valence-electron chi connectivity index (χ2n) is 5.04. The van der Waals surface area contributed by atoms with Gasteiger partial charge in [0, 0.05) is 30.3 Å². The first-order valence-corrected chi connectivity index (χ1v) is 6.47. The third-order valence-corrected chi connectivity index (χ3v) is 4.01. The fourth-order valence-electron chi connectivity index (χ4n) is 2.39. The smallest absolute Gasteiger partial charge is 0.0492 e. The van der Waals surface area contributed by atoms with Gasteiger partial charge in [-0.1, -0.05) is 23.7 Å². The first-order valence-electron chi connectivity index (χ1n) is 6.09. The van der Waals surface area contributed by atoms with E-state index in [4.69, 9.17) is 16.3 Å². The average Bonchev–Trinajstić information content (AvgIpc) is 2.34. The Bertz CT molecular complexity index is 384. The molecule has 0 spiro atoms. The van der Waals surface area contributed by atoms with Crippen LogP contribution in [0.25, 0.3) is 0 Å². The van der Waals surface area contributed by atoms with E-state index in [0.29, 0.717) is 0 Å². The molecule has 1 heterocycles. The van der Waals surface area contributed by atoms with Gasteiger partial charge in [0.05, 0.1) is 0 Å². The molecule has 1 aromatic rings. The molecule has 0 aromatic heterocycles. The van der Waals surface area contributed by atoms with Crippen LogP contribution in [0.15, 0.2) is 18.2 Å². The molecule has 0 radical (unpaired) electrons. The lowest BCUT2D eigenvalue weighted by Gasteiger charge is -2.35. The van der Waals surface area contributed by atoms with E-state index >= 15 is 0 Å². The zero-order chi connectivity index (χ0) is 12.3. The number of hydrogen-bond acceptors (Lipinski definition) is 2. The summed E-state index contributed by atoms with van der Waals surface area (Å²) in [5.41, 5.74) is 2.26. The number of aryl methyl sites for hydroxylation is 1. The van der Waals surface area contributed by atoms with Gasteiger partial charge < -0.3 is 9.84 Å². The molecule has 0 atom stereocenters. The zero-order valence-corrected chi connectivity index (χ0v) is 11.0. The van der Waals surface area contributed by atoms with Crippen LogP contribution in [-0.2, 0) is 11.2 Å². The molecule has 1 fully saturated rings. The summed E-state index contributed by atoms with van der Waals surface area (Å²) in [6.45, 7) is 3.72. The summed E-state index contributed by atoms with van der Waals surface area (Å²) in [5, 5.41) is 10.5. The van der Waals surface area contributed by atoms with Crippen LogP contribution >= 0.6 is 11.6 Å². The van der Waals surface area contributed by atoms with Gasteiger partial charge in [0.1, 0.15) is 0 Å². The maximum absolute atomic E-state index is 9.65. The minimum absolute atomic E-state index is 0.0445. The summed E-state index contributed by atoms with van der Waals surface area (Å²) in [6, 6.07) is 6.14. The van der Waals surface area contributed by atoms with Crippen LogP contribution in [0.3, 0.4) is 0 Å². The topological polar surface area (TPSA) is 29.5 Å². The fraction of sp³-hybridized carbons (Fsp3) is 0.571. The Morgan fingerprint density at radius 2 is 2.06 bits per heavy atom. The van der Waals surface area contributed by atoms with Crippen molar-refractivity contribution >= 4 is 11.6 Å². The van der Waals surface area contributed by atoms with E-state index in [2.05, 4.69) is 12.1 Å². The lowest BCUT2D eigenvalue weighted by molar-refractivity contribution is -0.0157. The summed E-state index contributed by atoms with van der Waals surface area (Å²) in [7, 11) is 0. The van der Waals surface area contributed by atoms with Crippen molar-refractivity contribution in [3.05, 3.63) is 34.3 Å². The Balaban J connectivity index is 2.17. The van der Waals surface area contributed by atoms with E-state index in [-0.39, 0.29) is 12.0 Å². The molecular weight excluding hydrogens is 236 g/mol. The monoisotopic (exact) mass is 254 g/mol. The highest BCUT2D eigenvalue weighted by atomic mass is 35.5. The minimum atomic E-state index is -0.0445. The van der Waals surface area contributed by atoms with Gasteiger partial charge in [0.2, 0.25) is 0 Å². The molecule has 1 aromatic carbocycles. The molecule has 1 aliphatic rings. The van der Waals surface area contributed by atoms with Gasteiger partial charge in [-0.2, -0.15) is 0 Å². The van der Waals surface area contributed by atoms with Gasteiger partial charge >= 0.3 is 0 Å². The van der Waals surface area contributed by atoms with E-state index < -0.39 is 0 Å². The van der Waals surface area contributed by atoms with Crippen molar-refractivity contribution in [2.24, 2.45) is 5.41 Å². The second kappa shape index (κ2) is 5.38. The van der Waals surface area contributed by atoms with Crippen molar-refractivity contribution in [2.45, 2.75) is 26.2 Å². The predicted molar refractivity (Wildman–Crippen MR) is 69.5 cm³/mol. The molecule has 0 aliphatic carbocycles. The highest BCUT2D eigenvalue weighted by Crippen LogP contribution is 2.35. The van der Waals surface area contributed by atoms with Crippen molar-refractivity contribution in [3.8, 4) is 0 Å². The summed E-state index contributed by atoms with van der Waals surface area (Å²) in [4.78, 5) is 0. The lowest BCUT2D eigenvalue weighted by atomic mass is 9.76. The minimum Gasteiger partial charge on any atom is -0.396 e. The van der Waals surface area contributed by atoms with E-state index in [1.165, 1.54) is 5.56 Å². The number of rotatable bonds is 3. The summed E-state index contributed by atoms with van der Waals surface area (Å²) < 4.78 is 5.37. The first kappa shape index (κ1) is 12.9. The second-order valence-corrected chi connectivity index (χ2v) is 5.45. The standard InChI is InChI=1S/C14H19ClO2/c1-11-2-3-12(13(15)8-11)9-14(10-16)4-6-17-7-5-14/h2-3,8,16H,4-7,9-10H2,1H3. The number of hydrogen-bond donors (Lipinski definition) is 1. The van der Waals surface area contributed by atoms with Crippen LogP contribution in [0.2, 0.25) is 5.02 Å². The average molecular weight is 255 g/mol. The normalized spacial score (nSPS) is 19.2. The maximum Gasteiger partial charge on any atom is 0.0492 e. The van der Waals surface area contributed by atoms with Gasteiger partial charge in [0.15, 0.2) is 0 Å². The molecule has 2 rings (SSSR count). The maximum atomic E-state index is 9.65. The van der Waals surface area contributed by atoms with Crippen molar-refractivity contribution in [1.29, 1.82) is 0 Å². The Kier molecular flexibility index (Phi) is 4.08. The highest BCUT2D eigenvalue weighted by molar-refractivity contribution is 6.31. The van der Waals surface area contributed by atoms with E-state index in [9.17, 15) is 5.11 Å². The molecule has 0 bridgehead atoms. The van der Waals surface area contributed by atoms with Crippen LogP contribution < -0.4 is 0 Å². The molecule has 2 nitrogen and oxygen atoms in total. The molecule has 1 aliphatic heterocycles. The number of aliphatic hydroxyl groups is 1. The third kappa shape index (κ3) is 3.01. The lowest BCUT2D eigenvalue weighted by Crippen LogP contribution is -2.35. The first-order chi connectivity index (χ1) is 8.15. The van der Waals surface area contributed by atoms with E-state index in [1.54, 1.807) is 0 Å². The van der Waals surface area contributed by atoms with Crippen LogP contribution in [0.4, 0.5) is 0 Å². The molecule has 0 amide bonds. The van der Waals surface area contributed by atoms with Gasteiger partial charge in [-0.05, 0) is 43.4 Å². The number of benzene rings is 1. The molecule has 1 saturated heterocycles. The Labute approximate surface area is 108 Å². The number of ether oxygens (including phenoxy) is 1. The van der Waals surface area contributed by atoms with Gasteiger partial charge in [-0.3, -0.25) is 0 Å².